The third kappa shape index (κ3) is 3.19. The fourth-order valence-corrected chi connectivity index (χ4v) is 3.11. The molecule has 2 aliphatic heterocycles. The first-order valence-electron chi connectivity index (χ1n) is 6.96. The van der Waals surface area contributed by atoms with Crippen molar-refractivity contribution in [2.75, 3.05) is 39.3 Å². The molecule has 0 saturated carbocycles. The summed E-state index contributed by atoms with van der Waals surface area (Å²) in [5, 5.41) is 3.41. The lowest BCUT2D eigenvalue weighted by atomic mass is 9.97. The van der Waals surface area contributed by atoms with E-state index in [1.54, 1.807) is 0 Å². The van der Waals surface area contributed by atoms with Gasteiger partial charge in [-0.25, -0.2) is 0 Å². The Kier molecular flexibility index (Phi) is 4.62. The van der Waals surface area contributed by atoms with Crippen molar-refractivity contribution in [3.63, 3.8) is 0 Å². The molecule has 2 fully saturated rings. The van der Waals surface area contributed by atoms with Crippen molar-refractivity contribution in [3.05, 3.63) is 0 Å². The van der Waals surface area contributed by atoms with Gasteiger partial charge in [0.25, 0.3) is 0 Å². The van der Waals surface area contributed by atoms with Gasteiger partial charge in [0.2, 0.25) is 0 Å². The second-order valence-electron chi connectivity index (χ2n) is 5.46. The maximum Gasteiger partial charge on any atom is 0.0115 e. The smallest absolute Gasteiger partial charge is 0.0115 e. The molecule has 0 aromatic carbocycles. The number of rotatable bonds is 3. The molecule has 2 rings (SSSR count). The zero-order valence-electron chi connectivity index (χ0n) is 10.9. The number of nitrogens with zero attached hydrogens (tertiary/aromatic N) is 2. The van der Waals surface area contributed by atoms with E-state index in [4.69, 9.17) is 0 Å². The van der Waals surface area contributed by atoms with E-state index in [-0.39, 0.29) is 0 Å². The quantitative estimate of drug-likeness (QED) is 0.777. The first kappa shape index (κ1) is 12.3. The molecule has 0 aliphatic carbocycles. The van der Waals surface area contributed by atoms with Crippen molar-refractivity contribution >= 4 is 0 Å². The van der Waals surface area contributed by atoms with Crippen molar-refractivity contribution in [1.82, 2.24) is 15.1 Å². The van der Waals surface area contributed by atoms with Crippen LogP contribution in [0.3, 0.4) is 0 Å². The Bertz CT molecular complexity index is 191. The molecular weight excluding hydrogens is 198 g/mol. The maximum atomic E-state index is 3.41. The molecule has 2 atom stereocenters. The molecule has 1 N–H and O–H groups in total. The molecule has 0 aromatic heterocycles. The highest BCUT2D eigenvalue weighted by Gasteiger charge is 2.24. The summed E-state index contributed by atoms with van der Waals surface area (Å²) in [4.78, 5) is 5.32. The fourth-order valence-electron chi connectivity index (χ4n) is 3.11. The minimum absolute atomic E-state index is 0.798. The minimum Gasteiger partial charge on any atom is -0.314 e. The Balaban J connectivity index is 1.74. The summed E-state index contributed by atoms with van der Waals surface area (Å²) < 4.78 is 0. The number of hydrogen-bond donors (Lipinski definition) is 1. The molecule has 0 spiro atoms. The largest absolute Gasteiger partial charge is 0.314 e. The van der Waals surface area contributed by atoms with E-state index in [9.17, 15) is 0 Å². The zero-order valence-corrected chi connectivity index (χ0v) is 10.9. The van der Waals surface area contributed by atoms with Gasteiger partial charge in [-0.15, -0.1) is 0 Å². The lowest BCUT2D eigenvalue weighted by molar-refractivity contribution is 0.0851. The number of nitrogens with one attached hydrogen (secondary N) is 1. The standard InChI is InChI=1S/C13H27N3/c1-12-4-3-5-13(2)16(12)11-10-15-8-6-14-7-9-15/h12-14H,3-11H2,1-2H3. The van der Waals surface area contributed by atoms with Gasteiger partial charge in [0.15, 0.2) is 0 Å². The van der Waals surface area contributed by atoms with Crippen molar-refractivity contribution < 1.29 is 0 Å². The molecule has 0 bridgehead atoms. The highest BCUT2D eigenvalue weighted by Crippen LogP contribution is 2.21. The van der Waals surface area contributed by atoms with E-state index in [0.29, 0.717) is 0 Å². The van der Waals surface area contributed by atoms with E-state index < -0.39 is 0 Å². The maximum absolute atomic E-state index is 3.41. The summed E-state index contributed by atoms with van der Waals surface area (Å²) in [5.74, 6) is 0. The molecule has 2 heterocycles. The highest BCUT2D eigenvalue weighted by atomic mass is 15.2. The van der Waals surface area contributed by atoms with E-state index in [2.05, 4.69) is 29.0 Å². The number of piperazine rings is 1. The van der Waals surface area contributed by atoms with Crippen LogP contribution in [0.25, 0.3) is 0 Å². The predicted molar refractivity (Wildman–Crippen MR) is 68.8 cm³/mol. The summed E-state index contributed by atoms with van der Waals surface area (Å²) in [6.07, 6.45) is 4.21. The van der Waals surface area contributed by atoms with Crippen molar-refractivity contribution in [1.29, 1.82) is 0 Å². The van der Waals surface area contributed by atoms with Crippen molar-refractivity contribution in [2.45, 2.75) is 45.2 Å². The summed E-state index contributed by atoms with van der Waals surface area (Å²) in [6, 6.07) is 1.60. The second kappa shape index (κ2) is 5.99. The predicted octanol–water partition coefficient (Wildman–Crippen LogP) is 1.15. The molecule has 2 saturated heterocycles. The van der Waals surface area contributed by atoms with Gasteiger partial charge in [-0.1, -0.05) is 6.42 Å². The first-order chi connectivity index (χ1) is 7.77. The van der Waals surface area contributed by atoms with Crippen LogP contribution in [0.2, 0.25) is 0 Å². The zero-order chi connectivity index (χ0) is 11.4. The van der Waals surface area contributed by atoms with Crippen LogP contribution in [0.15, 0.2) is 0 Å². The van der Waals surface area contributed by atoms with Crippen LogP contribution in [-0.4, -0.2) is 61.2 Å². The monoisotopic (exact) mass is 225 g/mol. The van der Waals surface area contributed by atoms with Gasteiger partial charge < -0.3 is 5.32 Å². The van der Waals surface area contributed by atoms with Crippen LogP contribution in [0.5, 0.6) is 0 Å². The topological polar surface area (TPSA) is 18.5 Å². The molecule has 94 valence electrons. The molecule has 2 aliphatic rings. The molecular formula is C13H27N3. The molecule has 16 heavy (non-hydrogen) atoms. The summed E-state index contributed by atoms with van der Waals surface area (Å²) in [5.41, 5.74) is 0. The van der Waals surface area contributed by atoms with Gasteiger partial charge >= 0.3 is 0 Å². The lowest BCUT2D eigenvalue weighted by Gasteiger charge is -2.40. The fraction of sp³-hybridized carbons (Fsp3) is 1.00. The van der Waals surface area contributed by atoms with Gasteiger partial charge in [0.1, 0.15) is 0 Å². The van der Waals surface area contributed by atoms with Crippen LogP contribution in [0.1, 0.15) is 33.1 Å². The molecule has 2 unspecified atom stereocenters. The van der Waals surface area contributed by atoms with Gasteiger partial charge in [0, 0.05) is 51.4 Å². The van der Waals surface area contributed by atoms with Gasteiger partial charge in [-0.2, -0.15) is 0 Å². The van der Waals surface area contributed by atoms with Gasteiger partial charge in [0.05, 0.1) is 0 Å². The van der Waals surface area contributed by atoms with E-state index in [0.717, 1.165) is 12.1 Å². The average Bonchev–Trinajstić information content (AvgIpc) is 2.30. The summed E-state index contributed by atoms with van der Waals surface area (Å²) >= 11 is 0. The van der Waals surface area contributed by atoms with Crippen LogP contribution in [0.4, 0.5) is 0 Å². The third-order valence-electron chi connectivity index (χ3n) is 4.26. The van der Waals surface area contributed by atoms with E-state index in [1.807, 2.05) is 0 Å². The van der Waals surface area contributed by atoms with Crippen LogP contribution in [-0.2, 0) is 0 Å². The van der Waals surface area contributed by atoms with Crippen LogP contribution >= 0.6 is 0 Å². The van der Waals surface area contributed by atoms with Crippen molar-refractivity contribution in [2.24, 2.45) is 0 Å². The molecule has 3 heteroatoms. The van der Waals surface area contributed by atoms with Crippen molar-refractivity contribution in [3.8, 4) is 0 Å². The highest BCUT2D eigenvalue weighted by molar-refractivity contribution is 4.80. The van der Waals surface area contributed by atoms with Crippen LogP contribution in [0, 0.1) is 0 Å². The average molecular weight is 225 g/mol. The summed E-state index contributed by atoms with van der Waals surface area (Å²) in [7, 11) is 0. The van der Waals surface area contributed by atoms with E-state index in [1.165, 1.54) is 58.5 Å². The molecule has 0 radical (unpaired) electrons. The molecule has 3 nitrogen and oxygen atoms in total. The Morgan fingerprint density at radius 1 is 1.00 bits per heavy atom. The van der Waals surface area contributed by atoms with Gasteiger partial charge in [-0.05, 0) is 26.7 Å². The van der Waals surface area contributed by atoms with E-state index >= 15 is 0 Å². The Morgan fingerprint density at radius 3 is 2.25 bits per heavy atom. The minimum atomic E-state index is 0.798. The number of hydrogen-bond acceptors (Lipinski definition) is 3. The Morgan fingerprint density at radius 2 is 1.62 bits per heavy atom. The lowest BCUT2D eigenvalue weighted by Crippen LogP contribution is -2.50. The van der Waals surface area contributed by atoms with Crippen LogP contribution < -0.4 is 5.32 Å². The summed E-state index contributed by atoms with van der Waals surface area (Å²) in [6.45, 7) is 12.1. The third-order valence-corrected chi connectivity index (χ3v) is 4.26. The second-order valence-corrected chi connectivity index (χ2v) is 5.46. The number of likely N-dealkylation sites (tertiary alicyclic amines) is 1. The Labute approximate surface area is 100 Å². The molecule has 0 aromatic rings. The van der Waals surface area contributed by atoms with Gasteiger partial charge in [-0.3, -0.25) is 9.80 Å². The Hall–Kier alpha value is -0.120. The number of piperidine rings is 1. The first-order valence-corrected chi connectivity index (χ1v) is 6.96. The molecule has 0 amide bonds. The normalized spacial score (nSPS) is 34.1. The SMILES string of the molecule is CC1CCCC(C)N1CCN1CCNCC1.